The van der Waals surface area contributed by atoms with Crippen LogP contribution in [0, 0.1) is 0 Å². The normalized spacial score (nSPS) is 12.6. The van der Waals surface area contributed by atoms with Gasteiger partial charge in [-0.15, -0.1) is 11.3 Å². The Morgan fingerprint density at radius 2 is 1.95 bits per heavy atom. The van der Waals surface area contributed by atoms with E-state index in [1.807, 2.05) is 12.1 Å². The third-order valence-corrected chi connectivity index (χ3v) is 4.05. The maximum Gasteiger partial charge on any atom is 0.118 e. The van der Waals surface area contributed by atoms with Crippen molar-refractivity contribution in [3.05, 3.63) is 52.2 Å². The minimum absolute atomic E-state index is 0.318. The lowest BCUT2D eigenvalue weighted by atomic mass is 10.1. The fraction of sp³-hybridized carbons (Fsp3) is 0.375. The molecule has 1 atom stereocenters. The van der Waals surface area contributed by atoms with Gasteiger partial charge in [-0.05, 0) is 43.2 Å². The van der Waals surface area contributed by atoms with Gasteiger partial charge in [0.1, 0.15) is 5.75 Å². The summed E-state index contributed by atoms with van der Waals surface area (Å²) in [6.45, 7) is 1.87. The maximum absolute atomic E-state index is 5.22. The van der Waals surface area contributed by atoms with Gasteiger partial charge in [0.25, 0.3) is 0 Å². The molecule has 0 radical (unpaired) electrons. The van der Waals surface area contributed by atoms with Gasteiger partial charge in [0.15, 0.2) is 0 Å². The molecule has 4 heteroatoms. The Labute approximate surface area is 125 Å². The third kappa shape index (κ3) is 4.34. The van der Waals surface area contributed by atoms with Crippen molar-refractivity contribution >= 4 is 11.3 Å². The molecule has 0 aliphatic rings. The van der Waals surface area contributed by atoms with Crippen molar-refractivity contribution in [2.75, 3.05) is 27.7 Å². The van der Waals surface area contributed by atoms with Crippen LogP contribution in [0.3, 0.4) is 0 Å². The molecular formula is C16H22N2OS. The second-order valence-electron chi connectivity index (χ2n) is 5.05. The van der Waals surface area contributed by atoms with E-state index in [1.54, 1.807) is 18.4 Å². The smallest absolute Gasteiger partial charge is 0.118 e. The molecule has 0 aliphatic carbocycles. The highest BCUT2D eigenvalue weighted by atomic mass is 32.1. The Morgan fingerprint density at radius 1 is 1.20 bits per heavy atom. The standard InChI is InChI=1S/C16H22N2OS/c1-18(2)12-16(17-11-15-5-4-10-20-15)13-6-8-14(19-3)9-7-13/h4-10,16-17H,11-12H2,1-3H3. The zero-order valence-corrected chi connectivity index (χ0v) is 13.1. The van der Waals surface area contributed by atoms with E-state index >= 15 is 0 Å². The van der Waals surface area contributed by atoms with Crippen LogP contribution in [0.1, 0.15) is 16.5 Å². The van der Waals surface area contributed by atoms with Crippen molar-refractivity contribution in [1.82, 2.24) is 10.2 Å². The molecular weight excluding hydrogens is 268 g/mol. The molecule has 0 bridgehead atoms. The number of hydrogen-bond donors (Lipinski definition) is 1. The summed E-state index contributed by atoms with van der Waals surface area (Å²) in [4.78, 5) is 3.57. The van der Waals surface area contributed by atoms with E-state index in [9.17, 15) is 0 Å². The summed E-state index contributed by atoms with van der Waals surface area (Å²) in [5, 5.41) is 5.75. The van der Waals surface area contributed by atoms with Crippen LogP contribution in [-0.2, 0) is 6.54 Å². The molecule has 0 saturated heterocycles. The molecule has 1 aromatic heterocycles. The quantitative estimate of drug-likeness (QED) is 0.848. The lowest BCUT2D eigenvalue weighted by molar-refractivity contribution is 0.341. The number of thiophene rings is 1. The van der Waals surface area contributed by atoms with Crippen LogP contribution in [0.15, 0.2) is 41.8 Å². The molecule has 1 N–H and O–H groups in total. The van der Waals surface area contributed by atoms with E-state index in [-0.39, 0.29) is 0 Å². The summed E-state index contributed by atoms with van der Waals surface area (Å²) < 4.78 is 5.22. The molecule has 2 aromatic rings. The molecule has 1 aromatic carbocycles. The Balaban J connectivity index is 2.05. The number of hydrogen-bond acceptors (Lipinski definition) is 4. The predicted molar refractivity (Wildman–Crippen MR) is 85.4 cm³/mol. The van der Waals surface area contributed by atoms with E-state index in [2.05, 4.69) is 54.0 Å². The van der Waals surface area contributed by atoms with Gasteiger partial charge in [-0.25, -0.2) is 0 Å². The van der Waals surface area contributed by atoms with Crippen molar-refractivity contribution in [3.8, 4) is 5.75 Å². The molecule has 108 valence electrons. The highest BCUT2D eigenvalue weighted by molar-refractivity contribution is 7.09. The number of benzene rings is 1. The summed E-state index contributed by atoms with van der Waals surface area (Å²) in [7, 11) is 5.90. The average molecular weight is 290 g/mol. The Bertz CT molecular complexity index is 494. The maximum atomic E-state index is 5.22. The van der Waals surface area contributed by atoms with Gasteiger partial charge >= 0.3 is 0 Å². The Kier molecular flexibility index (Phi) is 5.59. The van der Waals surface area contributed by atoms with Crippen molar-refractivity contribution < 1.29 is 4.74 Å². The van der Waals surface area contributed by atoms with Crippen LogP contribution in [0.5, 0.6) is 5.75 Å². The molecule has 2 rings (SSSR count). The first-order chi connectivity index (χ1) is 9.69. The van der Waals surface area contributed by atoms with Gasteiger partial charge in [-0.2, -0.15) is 0 Å². The monoisotopic (exact) mass is 290 g/mol. The van der Waals surface area contributed by atoms with Crippen LogP contribution >= 0.6 is 11.3 Å². The minimum atomic E-state index is 0.318. The third-order valence-electron chi connectivity index (χ3n) is 3.17. The van der Waals surface area contributed by atoms with Crippen molar-refractivity contribution in [2.24, 2.45) is 0 Å². The van der Waals surface area contributed by atoms with Crippen LogP contribution in [0.25, 0.3) is 0 Å². The van der Waals surface area contributed by atoms with Gasteiger partial charge in [0.2, 0.25) is 0 Å². The fourth-order valence-electron chi connectivity index (χ4n) is 2.13. The minimum Gasteiger partial charge on any atom is -0.497 e. The molecule has 0 fully saturated rings. The molecule has 0 amide bonds. The van der Waals surface area contributed by atoms with Crippen LogP contribution in [-0.4, -0.2) is 32.6 Å². The second kappa shape index (κ2) is 7.43. The first-order valence-electron chi connectivity index (χ1n) is 6.73. The summed E-state index contributed by atoms with van der Waals surface area (Å²) in [6.07, 6.45) is 0. The number of ether oxygens (including phenoxy) is 1. The van der Waals surface area contributed by atoms with Gasteiger partial charge in [0, 0.05) is 24.0 Å². The lowest BCUT2D eigenvalue weighted by Crippen LogP contribution is -2.30. The summed E-state index contributed by atoms with van der Waals surface area (Å²) in [5.41, 5.74) is 1.29. The average Bonchev–Trinajstić information content (AvgIpc) is 2.96. The summed E-state index contributed by atoms with van der Waals surface area (Å²) in [5.74, 6) is 0.899. The number of nitrogens with zero attached hydrogens (tertiary/aromatic N) is 1. The lowest BCUT2D eigenvalue weighted by Gasteiger charge is -2.23. The summed E-state index contributed by atoms with van der Waals surface area (Å²) in [6, 6.07) is 12.9. The van der Waals surface area contributed by atoms with E-state index in [0.29, 0.717) is 6.04 Å². The van der Waals surface area contributed by atoms with E-state index in [4.69, 9.17) is 4.74 Å². The number of likely N-dealkylation sites (N-methyl/N-ethyl adjacent to an activating group) is 1. The fourth-order valence-corrected chi connectivity index (χ4v) is 2.78. The molecule has 3 nitrogen and oxygen atoms in total. The molecule has 1 heterocycles. The van der Waals surface area contributed by atoms with Gasteiger partial charge in [-0.3, -0.25) is 0 Å². The van der Waals surface area contributed by atoms with Crippen molar-refractivity contribution in [2.45, 2.75) is 12.6 Å². The number of nitrogens with one attached hydrogen (secondary N) is 1. The van der Waals surface area contributed by atoms with Crippen LogP contribution in [0.4, 0.5) is 0 Å². The van der Waals surface area contributed by atoms with Crippen molar-refractivity contribution in [1.29, 1.82) is 0 Å². The molecule has 1 unspecified atom stereocenters. The van der Waals surface area contributed by atoms with Crippen LogP contribution in [0.2, 0.25) is 0 Å². The number of rotatable bonds is 7. The zero-order valence-electron chi connectivity index (χ0n) is 12.3. The second-order valence-corrected chi connectivity index (χ2v) is 6.08. The highest BCUT2D eigenvalue weighted by Gasteiger charge is 2.12. The topological polar surface area (TPSA) is 24.5 Å². The van der Waals surface area contributed by atoms with Gasteiger partial charge < -0.3 is 15.0 Å². The van der Waals surface area contributed by atoms with E-state index < -0.39 is 0 Å². The van der Waals surface area contributed by atoms with Gasteiger partial charge in [-0.1, -0.05) is 18.2 Å². The molecule has 20 heavy (non-hydrogen) atoms. The first kappa shape index (κ1) is 15.0. The van der Waals surface area contributed by atoms with Gasteiger partial charge in [0.05, 0.1) is 7.11 Å². The zero-order chi connectivity index (χ0) is 14.4. The number of methoxy groups -OCH3 is 1. The molecule has 0 aliphatic heterocycles. The van der Waals surface area contributed by atoms with E-state index in [0.717, 1.165) is 18.8 Å². The van der Waals surface area contributed by atoms with Crippen LogP contribution < -0.4 is 10.1 Å². The summed E-state index contributed by atoms with van der Waals surface area (Å²) >= 11 is 1.79. The Hall–Kier alpha value is -1.36. The Morgan fingerprint density at radius 3 is 2.50 bits per heavy atom. The highest BCUT2D eigenvalue weighted by Crippen LogP contribution is 2.19. The van der Waals surface area contributed by atoms with Crippen molar-refractivity contribution in [3.63, 3.8) is 0 Å². The van der Waals surface area contributed by atoms with E-state index in [1.165, 1.54) is 10.4 Å². The molecule has 0 spiro atoms. The largest absolute Gasteiger partial charge is 0.497 e. The molecule has 0 saturated carbocycles. The SMILES string of the molecule is COc1ccc(C(CN(C)C)NCc2cccs2)cc1. The predicted octanol–water partition coefficient (Wildman–Crippen LogP) is 3.15. The first-order valence-corrected chi connectivity index (χ1v) is 7.61.